The van der Waals surface area contributed by atoms with E-state index in [-0.39, 0.29) is 11.8 Å². The van der Waals surface area contributed by atoms with Crippen LogP contribution in [0.1, 0.15) is 48.5 Å². The maximum absolute atomic E-state index is 12.6. The number of fused-ring (bicyclic) bond motifs is 1. The molecule has 1 fully saturated rings. The second kappa shape index (κ2) is 8.86. The Hall–Kier alpha value is -3.61. The van der Waals surface area contributed by atoms with Crippen LogP contribution < -0.4 is 4.74 Å². The highest BCUT2D eigenvalue weighted by molar-refractivity contribution is 5.83. The Morgan fingerprint density at radius 3 is 2.88 bits per heavy atom. The fraction of sp³-hybridized carbons (Fsp3) is 0.320. The van der Waals surface area contributed by atoms with Crippen LogP contribution in [0.5, 0.6) is 5.75 Å². The molecule has 1 N–H and O–H groups in total. The Labute approximate surface area is 186 Å². The van der Waals surface area contributed by atoms with Crippen LogP contribution in [-0.2, 0) is 17.8 Å². The van der Waals surface area contributed by atoms with Crippen molar-refractivity contribution in [3.05, 3.63) is 77.6 Å². The van der Waals surface area contributed by atoms with E-state index in [1.54, 1.807) is 0 Å². The molecule has 1 saturated heterocycles. The van der Waals surface area contributed by atoms with Crippen LogP contribution in [0.4, 0.5) is 0 Å². The highest BCUT2D eigenvalue weighted by Crippen LogP contribution is 2.28. The number of likely N-dealkylation sites (tertiary alicyclic amines) is 1. The molecule has 7 nitrogen and oxygen atoms in total. The van der Waals surface area contributed by atoms with E-state index in [4.69, 9.17) is 9.26 Å². The smallest absolute Gasteiger partial charge is 0.231 e. The molecule has 164 valence electrons. The summed E-state index contributed by atoms with van der Waals surface area (Å²) < 4.78 is 11.1. The zero-order valence-corrected chi connectivity index (χ0v) is 18.1. The number of aromatic amines is 1. The normalized spacial score (nSPS) is 16.2. The van der Waals surface area contributed by atoms with Gasteiger partial charge in [0, 0.05) is 42.5 Å². The Kier molecular flexibility index (Phi) is 5.62. The number of carbonyl (C=O) groups excluding carboxylic acids is 1. The number of benzene rings is 2. The molecule has 0 aliphatic carbocycles. The van der Waals surface area contributed by atoms with Gasteiger partial charge < -0.3 is 19.1 Å². The first kappa shape index (κ1) is 20.3. The van der Waals surface area contributed by atoms with Gasteiger partial charge in [-0.25, -0.2) is 0 Å². The number of carbonyl (C=O) groups is 1. The van der Waals surface area contributed by atoms with Crippen LogP contribution in [0.15, 0.2) is 59.3 Å². The predicted octanol–water partition coefficient (Wildman–Crippen LogP) is 4.45. The standard InChI is InChI=1S/C25H26N4O3/c1-2-11-31-20-9-7-17(8-10-20)15-29-16-19(13-24(29)30)25-27-23(32-28-25)12-18-14-26-22-6-4-3-5-21(18)22/h3-10,14,19,26H,2,11-13,15-16H2,1H3. The summed E-state index contributed by atoms with van der Waals surface area (Å²) in [5, 5.41) is 5.34. The van der Waals surface area contributed by atoms with Gasteiger partial charge in [-0.1, -0.05) is 42.4 Å². The summed E-state index contributed by atoms with van der Waals surface area (Å²) in [4.78, 5) is 22.3. The van der Waals surface area contributed by atoms with E-state index in [2.05, 4.69) is 28.1 Å². The summed E-state index contributed by atoms with van der Waals surface area (Å²) in [6.07, 6.45) is 3.93. The summed E-state index contributed by atoms with van der Waals surface area (Å²) in [6, 6.07) is 16.1. The lowest BCUT2D eigenvalue weighted by Crippen LogP contribution is -2.24. The Balaban J connectivity index is 1.22. The van der Waals surface area contributed by atoms with Gasteiger partial charge in [-0.2, -0.15) is 4.98 Å². The summed E-state index contributed by atoms with van der Waals surface area (Å²) in [7, 11) is 0. The molecule has 0 saturated carbocycles. The van der Waals surface area contributed by atoms with Crippen LogP contribution >= 0.6 is 0 Å². The number of hydrogen-bond acceptors (Lipinski definition) is 5. The van der Waals surface area contributed by atoms with Crippen LogP contribution in [0.25, 0.3) is 10.9 Å². The molecule has 0 radical (unpaired) electrons. The number of amides is 1. The van der Waals surface area contributed by atoms with Crippen LogP contribution in [-0.4, -0.2) is 39.1 Å². The van der Waals surface area contributed by atoms with E-state index < -0.39 is 0 Å². The van der Waals surface area contributed by atoms with Crippen molar-refractivity contribution in [3.63, 3.8) is 0 Å². The van der Waals surface area contributed by atoms with E-state index in [9.17, 15) is 4.79 Å². The SMILES string of the molecule is CCCOc1ccc(CN2CC(c3noc(Cc4c[nH]c5ccccc45)n3)CC2=O)cc1. The molecule has 0 spiro atoms. The van der Waals surface area contributed by atoms with Crippen LogP contribution in [0.3, 0.4) is 0 Å². The summed E-state index contributed by atoms with van der Waals surface area (Å²) in [5.41, 5.74) is 3.28. The van der Waals surface area contributed by atoms with Gasteiger partial charge in [0.05, 0.1) is 13.0 Å². The second-order valence-corrected chi connectivity index (χ2v) is 8.25. The Morgan fingerprint density at radius 2 is 2.03 bits per heavy atom. The Morgan fingerprint density at radius 1 is 1.19 bits per heavy atom. The number of H-pyrrole nitrogens is 1. The average molecular weight is 431 g/mol. The first-order chi connectivity index (χ1) is 15.7. The molecule has 1 atom stereocenters. The molecular formula is C25H26N4O3. The fourth-order valence-corrected chi connectivity index (χ4v) is 4.18. The van der Waals surface area contributed by atoms with Crippen molar-refractivity contribution >= 4 is 16.8 Å². The molecule has 32 heavy (non-hydrogen) atoms. The van der Waals surface area contributed by atoms with E-state index in [1.807, 2.05) is 53.6 Å². The molecule has 1 aliphatic heterocycles. The molecule has 2 aromatic heterocycles. The van der Waals surface area contributed by atoms with Crippen LogP contribution in [0.2, 0.25) is 0 Å². The van der Waals surface area contributed by atoms with Gasteiger partial charge in [0.1, 0.15) is 5.75 Å². The molecule has 1 amide bonds. The topological polar surface area (TPSA) is 84.2 Å². The lowest BCUT2D eigenvalue weighted by Gasteiger charge is -2.16. The van der Waals surface area contributed by atoms with E-state index >= 15 is 0 Å². The molecule has 3 heterocycles. The molecule has 1 aliphatic rings. The summed E-state index contributed by atoms with van der Waals surface area (Å²) in [6.45, 7) is 3.96. The molecular weight excluding hydrogens is 404 g/mol. The first-order valence-electron chi connectivity index (χ1n) is 11.1. The quantitative estimate of drug-likeness (QED) is 0.447. The summed E-state index contributed by atoms with van der Waals surface area (Å²) in [5.74, 6) is 2.10. The minimum Gasteiger partial charge on any atom is -0.494 e. The highest BCUT2D eigenvalue weighted by Gasteiger charge is 2.33. The number of nitrogens with zero attached hydrogens (tertiary/aromatic N) is 3. The van der Waals surface area contributed by atoms with Gasteiger partial charge >= 0.3 is 0 Å². The van der Waals surface area contributed by atoms with Gasteiger partial charge in [0.25, 0.3) is 0 Å². The molecule has 1 unspecified atom stereocenters. The number of rotatable bonds is 8. The lowest BCUT2D eigenvalue weighted by atomic mass is 10.1. The van der Waals surface area contributed by atoms with Crippen molar-refractivity contribution in [1.82, 2.24) is 20.0 Å². The maximum atomic E-state index is 12.6. The highest BCUT2D eigenvalue weighted by atomic mass is 16.5. The lowest BCUT2D eigenvalue weighted by molar-refractivity contribution is -0.128. The number of para-hydroxylation sites is 1. The largest absolute Gasteiger partial charge is 0.494 e. The minimum atomic E-state index is -0.0462. The van der Waals surface area contributed by atoms with E-state index in [0.29, 0.717) is 44.3 Å². The van der Waals surface area contributed by atoms with Crippen molar-refractivity contribution in [1.29, 1.82) is 0 Å². The van der Waals surface area contributed by atoms with Crippen LogP contribution in [0, 0.1) is 0 Å². The molecule has 5 rings (SSSR count). The monoisotopic (exact) mass is 430 g/mol. The van der Waals surface area contributed by atoms with Gasteiger partial charge in [0.15, 0.2) is 5.82 Å². The maximum Gasteiger partial charge on any atom is 0.231 e. The number of aromatic nitrogens is 3. The van der Waals surface area contributed by atoms with Crippen molar-refractivity contribution in [2.75, 3.05) is 13.2 Å². The third-order valence-corrected chi connectivity index (χ3v) is 5.85. The van der Waals surface area contributed by atoms with Gasteiger partial charge in [-0.3, -0.25) is 4.79 Å². The molecule has 4 aromatic rings. The number of nitrogens with one attached hydrogen (secondary N) is 1. The summed E-state index contributed by atoms with van der Waals surface area (Å²) >= 11 is 0. The average Bonchev–Trinajstić information content (AvgIpc) is 3.53. The minimum absolute atomic E-state index is 0.0462. The second-order valence-electron chi connectivity index (χ2n) is 8.25. The van der Waals surface area contributed by atoms with Crippen molar-refractivity contribution in [2.45, 2.75) is 38.6 Å². The number of ether oxygens (including phenoxy) is 1. The predicted molar refractivity (Wildman–Crippen MR) is 120 cm³/mol. The van der Waals surface area contributed by atoms with Gasteiger partial charge in [-0.05, 0) is 35.7 Å². The molecule has 7 heteroatoms. The van der Waals surface area contributed by atoms with Gasteiger partial charge in [-0.15, -0.1) is 0 Å². The van der Waals surface area contributed by atoms with Crippen molar-refractivity contribution < 1.29 is 14.1 Å². The fourth-order valence-electron chi connectivity index (χ4n) is 4.18. The first-order valence-corrected chi connectivity index (χ1v) is 11.1. The zero-order chi connectivity index (χ0) is 21.9. The number of hydrogen-bond donors (Lipinski definition) is 1. The molecule has 0 bridgehead atoms. The zero-order valence-electron chi connectivity index (χ0n) is 18.1. The van der Waals surface area contributed by atoms with E-state index in [1.165, 1.54) is 0 Å². The molecule has 2 aromatic carbocycles. The van der Waals surface area contributed by atoms with E-state index in [0.717, 1.165) is 34.2 Å². The van der Waals surface area contributed by atoms with Crippen molar-refractivity contribution in [2.24, 2.45) is 0 Å². The third kappa shape index (κ3) is 4.23. The Bertz CT molecular complexity index is 1210. The van der Waals surface area contributed by atoms with Gasteiger partial charge in [0.2, 0.25) is 11.8 Å². The third-order valence-electron chi connectivity index (χ3n) is 5.85. The van der Waals surface area contributed by atoms with Crippen molar-refractivity contribution in [3.8, 4) is 5.75 Å².